The van der Waals surface area contributed by atoms with E-state index in [1.807, 2.05) is 14.0 Å². The van der Waals surface area contributed by atoms with Crippen LogP contribution >= 0.6 is 0 Å². The fourth-order valence-corrected chi connectivity index (χ4v) is 2.30. The van der Waals surface area contributed by atoms with E-state index in [-0.39, 0.29) is 11.9 Å². The first-order valence-electron chi connectivity index (χ1n) is 6.10. The fourth-order valence-electron chi connectivity index (χ4n) is 2.30. The Morgan fingerprint density at radius 2 is 2.22 bits per heavy atom. The van der Waals surface area contributed by atoms with Gasteiger partial charge in [-0.3, -0.25) is 14.3 Å². The predicted octanol–water partition coefficient (Wildman–Crippen LogP) is -0.745. The summed E-state index contributed by atoms with van der Waals surface area (Å²) in [6, 6.07) is 0.196. The van der Waals surface area contributed by atoms with Crippen molar-refractivity contribution in [1.29, 1.82) is 0 Å². The number of rotatable bonds is 3. The van der Waals surface area contributed by atoms with Crippen molar-refractivity contribution in [2.24, 2.45) is 0 Å². The molecular weight excluding hydrogens is 234 g/mol. The van der Waals surface area contributed by atoms with Crippen molar-refractivity contribution in [3.8, 4) is 0 Å². The van der Waals surface area contributed by atoms with Crippen LogP contribution in [0.5, 0.6) is 0 Å². The van der Waals surface area contributed by atoms with Crippen LogP contribution < -0.4 is 22.3 Å². The number of anilines is 2. The Kier molecular flexibility index (Phi) is 3.42. The average Bonchev–Trinajstić information content (AvgIpc) is 2.70. The van der Waals surface area contributed by atoms with Gasteiger partial charge in [-0.25, -0.2) is 4.79 Å². The zero-order chi connectivity index (χ0) is 13.3. The van der Waals surface area contributed by atoms with Crippen LogP contribution in [0.3, 0.4) is 0 Å². The van der Waals surface area contributed by atoms with Gasteiger partial charge in [-0.1, -0.05) is 0 Å². The molecule has 100 valence electrons. The third-order valence-electron chi connectivity index (χ3n) is 3.30. The maximum absolute atomic E-state index is 11.8. The Balaban J connectivity index is 2.33. The molecule has 18 heavy (non-hydrogen) atoms. The molecule has 0 amide bonds. The third kappa shape index (κ3) is 2.26. The van der Waals surface area contributed by atoms with E-state index in [2.05, 4.69) is 15.2 Å². The number of likely N-dealkylation sites (N-methyl/N-ethyl adjacent to an activating group) is 1. The number of H-pyrrole nitrogens is 1. The average molecular weight is 253 g/mol. The van der Waals surface area contributed by atoms with E-state index in [0.717, 1.165) is 19.5 Å². The van der Waals surface area contributed by atoms with Crippen LogP contribution in [0, 0.1) is 0 Å². The van der Waals surface area contributed by atoms with Gasteiger partial charge in [-0.05, 0) is 26.9 Å². The van der Waals surface area contributed by atoms with Gasteiger partial charge in [0.1, 0.15) is 11.5 Å². The number of aromatic amines is 1. The summed E-state index contributed by atoms with van der Waals surface area (Å²) in [7, 11) is 2.03. The monoisotopic (exact) mass is 253 g/mol. The molecule has 0 aromatic carbocycles. The number of nitrogens with one attached hydrogen (secondary N) is 2. The van der Waals surface area contributed by atoms with Crippen molar-refractivity contribution < 1.29 is 0 Å². The summed E-state index contributed by atoms with van der Waals surface area (Å²) < 4.78 is 1.35. The number of nitrogens with two attached hydrogens (primary N) is 1. The van der Waals surface area contributed by atoms with Gasteiger partial charge in [-0.15, -0.1) is 0 Å². The molecule has 1 aliphatic heterocycles. The van der Waals surface area contributed by atoms with Gasteiger partial charge in [0, 0.05) is 19.1 Å². The highest BCUT2D eigenvalue weighted by molar-refractivity contribution is 5.61. The Labute approximate surface area is 105 Å². The standard InChI is InChI=1S/C11H19N5O2/c1-3-16-9(12)8(10(17)14-11(16)18)13-7-4-5-15(2)6-7/h7,13H,3-6,12H2,1-2H3,(H,14,17,18). The highest BCUT2D eigenvalue weighted by atomic mass is 16.2. The van der Waals surface area contributed by atoms with E-state index in [1.165, 1.54) is 4.57 Å². The first-order chi connectivity index (χ1) is 8.52. The molecule has 0 radical (unpaired) electrons. The summed E-state index contributed by atoms with van der Waals surface area (Å²) in [6.07, 6.45) is 0.959. The van der Waals surface area contributed by atoms with Gasteiger partial charge in [0.05, 0.1) is 0 Å². The lowest BCUT2D eigenvalue weighted by Crippen LogP contribution is -2.36. The fraction of sp³-hybridized carbons (Fsp3) is 0.636. The summed E-state index contributed by atoms with van der Waals surface area (Å²) in [5, 5.41) is 3.14. The van der Waals surface area contributed by atoms with Gasteiger partial charge in [0.15, 0.2) is 0 Å². The second-order valence-electron chi connectivity index (χ2n) is 4.66. The number of nitrogen functional groups attached to an aromatic ring is 1. The van der Waals surface area contributed by atoms with E-state index in [0.29, 0.717) is 12.2 Å². The molecule has 1 fully saturated rings. The molecule has 2 heterocycles. The Morgan fingerprint density at radius 1 is 1.50 bits per heavy atom. The number of hydrogen-bond donors (Lipinski definition) is 3. The van der Waals surface area contributed by atoms with Gasteiger partial charge in [0.25, 0.3) is 5.56 Å². The van der Waals surface area contributed by atoms with E-state index in [9.17, 15) is 9.59 Å². The SMILES string of the molecule is CCn1c(N)c(NC2CCN(C)C2)c(=O)[nH]c1=O. The first-order valence-corrected chi connectivity index (χ1v) is 6.10. The highest BCUT2D eigenvalue weighted by Crippen LogP contribution is 2.16. The summed E-state index contributed by atoms with van der Waals surface area (Å²) in [5.41, 5.74) is 5.27. The lowest BCUT2D eigenvalue weighted by atomic mass is 10.2. The lowest BCUT2D eigenvalue weighted by Gasteiger charge is -2.17. The van der Waals surface area contributed by atoms with E-state index >= 15 is 0 Å². The quantitative estimate of drug-likeness (QED) is 0.659. The van der Waals surface area contributed by atoms with Crippen LogP contribution in [0.25, 0.3) is 0 Å². The van der Waals surface area contributed by atoms with Gasteiger partial charge in [-0.2, -0.15) is 0 Å². The summed E-state index contributed by atoms with van der Waals surface area (Å²) in [4.78, 5) is 27.8. The Bertz CT molecular complexity index is 547. The maximum Gasteiger partial charge on any atom is 0.330 e. The molecule has 4 N–H and O–H groups in total. The molecule has 7 heteroatoms. The lowest BCUT2D eigenvalue weighted by molar-refractivity contribution is 0.414. The summed E-state index contributed by atoms with van der Waals surface area (Å²) in [6.45, 7) is 4.09. The zero-order valence-corrected chi connectivity index (χ0v) is 10.7. The van der Waals surface area contributed by atoms with E-state index in [1.54, 1.807) is 0 Å². The van der Waals surface area contributed by atoms with E-state index in [4.69, 9.17) is 5.73 Å². The van der Waals surface area contributed by atoms with Gasteiger partial charge in [0.2, 0.25) is 0 Å². The molecule has 7 nitrogen and oxygen atoms in total. The second kappa shape index (κ2) is 4.85. The number of nitrogens with zero attached hydrogens (tertiary/aromatic N) is 2. The van der Waals surface area contributed by atoms with Crippen LogP contribution in [0.15, 0.2) is 9.59 Å². The van der Waals surface area contributed by atoms with Gasteiger partial charge < -0.3 is 16.0 Å². The van der Waals surface area contributed by atoms with Crippen molar-refractivity contribution in [3.63, 3.8) is 0 Å². The maximum atomic E-state index is 11.8. The summed E-state index contributed by atoms with van der Waals surface area (Å²) >= 11 is 0. The molecule has 0 spiro atoms. The molecule has 1 aromatic heterocycles. The largest absolute Gasteiger partial charge is 0.383 e. The smallest absolute Gasteiger partial charge is 0.330 e. The minimum absolute atomic E-state index is 0.196. The third-order valence-corrected chi connectivity index (χ3v) is 3.30. The predicted molar refractivity (Wildman–Crippen MR) is 70.9 cm³/mol. The molecule has 1 unspecified atom stereocenters. The summed E-state index contributed by atoms with van der Waals surface area (Å²) in [5.74, 6) is 0.209. The second-order valence-corrected chi connectivity index (χ2v) is 4.66. The minimum atomic E-state index is -0.464. The van der Waals surface area contributed by atoms with Crippen LogP contribution in [-0.4, -0.2) is 40.6 Å². The minimum Gasteiger partial charge on any atom is -0.383 e. The Hall–Kier alpha value is -1.76. The highest BCUT2D eigenvalue weighted by Gasteiger charge is 2.22. The molecule has 2 rings (SSSR count). The van der Waals surface area contributed by atoms with Crippen molar-refractivity contribution in [2.45, 2.75) is 25.9 Å². The molecule has 0 bridgehead atoms. The van der Waals surface area contributed by atoms with Crippen LogP contribution in [-0.2, 0) is 6.54 Å². The molecular formula is C11H19N5O2. The van der Waals surface area contributed by atoms with Crippen LogP contribution in [0.2, 0.25) is 0 Å². The molecule has 1 atom stereocenters. The molecule has 0 saturated carbocycles. The molecule has 1 aromatic rings. The van der Waals surface area contributed by atoms with Crippen LogP contribution in [0.4, 0.5) is 11.5 Å². The zero-order valence-electron chi connectivity index (χ0n) is 10.7. The Morgan fingerprint density at radius 3 is 2.78 bits per heavy atom. The normalized spacial score (nSPS) is 20.2. The number of likely N-dealkylation sites (tertiary alicyclic amines) is 1. The van der Waals surface area contributed by atoms with Crippen LogP contribution in [0.1, 0.15) is 13.3 Å². The molecule has 0 aliphatic carbocycles. The number of aromatic nitrogens is 2. The van der Waals surface area contributed by atoms with Crippen molar-refractivity contribution in [2.75, 3.05) is 31.2 Å². The van der Waals surface area contributed by atoms with Crippen molar-refractivity contribution >= 4 is 11.5 Å². The molecule has 1 aliphatic rings. The van der Waals surface area contributed by atoms with E-state index < -0.39 is 11.2 Å². The first kappa shape index (κ1) is 12.7. The topological polar surface area (TPSA) is 96.2 Å². The molecule has 1 saturated heterocycles. The van der Waals surface area contributed by atoms with Crippen molar-refractivity contribution in [3.05, 3.63) is 20.8 Å². The van der Waals surface area contributed by atoms with Crippen molar-refractivity contribution in [1.82, 2.24) is 14.5 Å². The van der Waals surface area contributed by atoms with Gasteiger partial charge >= 0.3 is 5.69 Å². The number of hydrogen-bond acceptors (Lipinski definition) is 5.